The van der Waals surface area contributed by atoms with Crippen molar-refractivity contribution in [1.82, 2.24) is 0 Å². The number of esters is 1. The fraction of sp³-hybridized carbons (Fsp3) is 0.318. The minimum absolute atomic E-state index is 0.0753. The molecule has 0 bridgehead atoms. The summed E-state index contributed by atoms with van der Waals surface area (Å²) in [6.07, 6.45) is 1.57. The van der Waals surface area contributed by atoms with Gasteiger partial charge in [0.25, 0.3) is 0 Å². The highest BCUT2D eigenvalue weighted by atomic mass is 16.7. The number of carbonyl (C=O) groups is 1. The van der Waals surface area contributed by atoms with Gasteiger partial charge in [0.15, 0.2) is 0 Å². The fourth-order valence-corrected chi connectivity index (χ4v) is 3.65. The monoisotopic (exact) mass is 382 g/mol. The summed E-state index contributed by atoms with van der Waals surface area (Å²) in [4.78, 5) is 11.9. The molecule has 0 amide bonds. The summed E-state index contributed by atoms with van der Waals surface area (Å²) < 4.78 is 11.0. The predicted octanol–water partition coefficient (Wildman–Crippen LogP) is 2.34. The van der Waals surface area contributed by atoms with Crippen LogP contribution in [0, 0.1) is 0 Å². The first kappa shape index (κ1) is 18.5. The molecule has 2 aromatic rings. The highest BCUT2D eigenvalue weighted by Crippen LogP contribution is 2.39. The van der Waals surface area contributed by atoms with Crippen molar-refractivity contribution in [1.29, 1.82) is 0 Å². The Bertz CT molecular complexity index is 954. The maximum Gasteiger partial charge on any atom is 0.334 e. The molecule has 2 heterocycles. The smallest absolute Gasteiger partial charge is 0.334 e. The van der Waals surface area contributed by atoms with Crippen LogP contribution >= 0.6 is 0 Å². The highest BCUT2D eigenvalue weighted by Gasteiger charge is 2.43. The van der Waals surface area contributed by atoms with E-state index in [4.69, 9.17) is 9.47 Å². The van der Waals surface area contributed by atoms with Crippen LogP contribution in [0.15, 0.2) is 48.5 Å². The first-order chi connectivity index (χ1) is 13.1. The Balaban J connectivity index is 1.60. The number of cyclic esters (lactones) is 1. The first-order valence-corrected chi connectivity index (χ1v) is 9.12. The minimum atomic E-state index is -1.79. The topological polar surface area (TPSA) is 96.2 Å². The number of aliphatic hydroxyl groups is 2. The van der Waals surface area contributed by atoms with Crippen molar-refractivity contribution in [3.8, 4) is 11.5 Å². The van der Waals surface area contributed by atoms with Gasteiger partial charge in [-0.05, 0) is 48.7 Å². The third-order valence-electron chi connectivity index (χ3n) is 5.16. The van der Waals surface area contributed by atoms with Gasteiger partial charge in [0.1, 0.15) is 17.6 Å². The van der Waals surface area contributed by atoms with Crippen molar-refractivity contribution in [3.63, 3.8) is 0 Å². The third-order valence-corrected chi connectivity index (χ3v) is 5.16. The molecular formula is C22H22O6. The van der Waals surface area contributed by atoms with Crippen LogP contribution in [0.2, 0.25) is 0 Å². The molecule has 2 atom stereocenters. The van der Waals surface area contributed by atoms with Gasteiger partial charge in [0.2, 0.25) is 5.79 Å². The van der Waals surface area contributed by atoms with Gasteiger partial charge in [-0.2, -0.15) is 0 Å². The lowest BCUT2D eigenvalue weighted by molar-refractivity contribution is -0.174. The zero-order valence-electron chi connectivity index (χ0n) is 15.7. The van der Waals surface area contributed by atoms with Gasteiger partial charge < -0.3 is 24.8 Å². The molecule has 2 aromatic carbocycles. The number of benzene rings is 2. The predicted molar refractivity (Wildman–Crippen MR) is 102 cm³/mol. The van der Waals surface area contributed by atoms with Gasteiger partial charge in [-0.15, -0.1) is 0 Å². The SMILES string of the molecule is CC(C)(O)C1Cc2cc(C[C@]3(O)OC(=O)C=C3c3ccc(O)cc3)ccc2O1. The Morgan fingerprint density at radius 2 is 1.89 bits per heavy atom. The number of fused-ring (bicyclic) bond motifs is 1. The minimum Gasteiger partial charge on any atom is -0.508 e. The summed E-state index contributed by atoms with van der Waals surface area (Å²) in [5.74, 6) is -1.60. The van der Waals surface area contributed by atoms with Gasteiger partial charge in [-0.1, -0.05) is 24.3 Å². The largest absolute Gasteiger partial charge is 0.508 e. The molecule has 0 fully saturated rings. The van der Waals surface area contributed by atoms with E-state index >= 15 is 0 Å². The van der Waals surface area contributed by atoms with E-state index in [0.29, 0.717) is 23.3 Å². The van der Waals surface area contributed by atoms with Gasteiger partial charge in [0.05, 0.1) is 5.60 Å². The summed E-state index contributed by atoms with van der Waals surface area (Å²) >= 11 is 0. The molecule has 4 rings (SSSR count). The van der Waals surface area contributed by atoms with Crippen molar-refractivity contribution in [2.45, 2.75) is 44.2 Å². The Kier molecular flexibility index (Phi) is 4.21. The molecule has 0 saturated carbocycles. The maximum absolute atomic E-state index is 11.9. The van der Waals surface area contributed by atoms with Crippen LogP contribution in [0.25, 0.3) is 5.57 Å². The summed E-state index contributed by atoms with van der Waals surface area (Å²) in [6, 6.07) is 11.7. The van der Waals surface area contributed by atoms with Gasteiger partial charge >= 0.3 is 5.97 Å². The Labute approximate surface area is 162 Å². The average Bonchev–Trinajstić information content (AvgIpc) is 3.16. The number of carbonyl (C=O) groups excluding carboxylic acids is 1. The van der Waals surface area contributed by atoms with E-state index < -0.39 is 17.4 Å². The normalized spacial score (nSPS) is 23.8. The van der Waals surface area contributed by atoms with Crippen molar-refractivity contribution < 1.29 is 29.6 Å². The van der Waals surface area contributed by atoms with Crippen molar-refractivity contribution in [3.05, 3.63) is 65.2 Å². The molecule has 1 unspecified atom stereocenters. The molecule has 0 aromatic heterocycles. The third kappa shape index (κ3) is 3.37. The number of hydrogen-bond acceptors (Lipinski definition) is 6. The van der Waals surface area contributed by atoms with Gasteiger partial charge in [-0.3, -0.25) is 0 Å². The van der Waals surface area contributed by atoms with E-state index in [1.807, 2.05) is 12.1 Å². The number of aromatic hydroxyl groups is 1. The second-order valence-electron chi connectivity index (χ2n) is 7.89. The average molecular weight is 382 g/mol. The molecule has 3 N–H and O–H groups in total. The zero-order chi connectivity index (χ0) is 20.1. The molecule has 2 aliphatic rings. The zero-order valence-corrected chi connectivity index (χ0v) is 15.7. The number of rotatable bonds is 4. The molecule has 0 spiro atoms. The maximum atomic E-state index is 11.9. The van der Waals surface area contributed by atoms with Crippen LogP contribution in [-0.2, 0) is 22.4 Å². The van der Waals surface area contributed by atoms with Crippen LogP contribution in [-0.4, -0.2) is 38.8 Å². The van der Waals surface area contributed by atoms with Crippen LogP contribution in [0.1, 0.15) is 30.5 Å². The molecule has 0 saturated heterocycles. The standard InChI is InChI=1S/C22H22O6/c1-21(2,25)19-10-15-9-13(3-8-18(15)27-19)12-22(26)17(11-20(24)28-22)14-4-6-16(23)7-5-14/h3-9,11,19,23,25-26H,10,12H2,1-2H3/t19?,22-/m0/s1. The quantitative estimate of drug-likeness (QED) is 0.703. The molecule has 6 heteroatoms. The molecule has 28 heavy (non-hydrogen) atoms. The van der Waals surface area contributed by atoms with E-state index in [2.05, 4.69) is 0 Å². The molecule has 0 radical (unpaired) electrons. The van der Waals surface area contributed by atoms with Crippen LogP contribution in [0.3, 0.4) is 0 Å². The summed E-state index contributed by atoms with van der Waals surface area (Å²) in [6.45, 7) is 3.42. The van der Waals surface area contributed by atoms with Crippen LogP contribution in [0.4, 0.5) is 0 Å². The molecule has 6 nitrogen and oxygen atoms in total. The second-order valence-corrected chi connectivity index (χ2v) is 7.89. The molecular weight excluding hydrogens is 360 g/mol. The van der Waals surface area contributed by atoms with E-state index in [-0.39, 0.29) is 18.3 Å². The molecule has 2 aliphatic heterocycles. The highest BCUT2D eigenvalue weighted by molar-refractivity contribution is 5.98. The Morgan fingerprint density at radius 3 is 2.57 bits per heavy atom. The Morgan fingerprint density at radius 1 is 1.18 bits per heavy atom. The van der Waals surface area contributed by atoms with Crippen molar-refractivity contribution in [2.75, 3.05) is 0 Å². The summed E-state index contributed by atoms with van der Waals surface area (Å²) in [5.41, 5.74) is 1.70. The molecule has 146 valence electrons. The summed E-state index contributed by atoms with van der Waals surface area (Å²) in [5, 5.41) is 30.7. The van der Waals surface area contributed by atoms with Crippen LogP contribution in [0.5, 0.6) is 11.5 Å². The van der Waals surface area contributed by atoms with E-state index in [1.165, 1.54) is 18.2 Å². The van der Waals surface area contributed by atoms with E-state index in [9.17, 15) is 20.1 Å². The Hall–Kier alpha value is -2.83. The summed E-state index contributed by atoms with van der Waals surface area (Å²) in [7, 11) is 0. The van der Waals surface area contributed by atoms with Crippen molar-refractivity contribution in [2.24, 2.45) is 0 Å². The van der Waals surface area contributed by atoms with Gasteiger partial charge in [-0.25, -0.2) is 4.79 Å². The van der Waals surface area contributed by atoms with Gasteiger partial charge in [0, 0.05) is 24.5 Å². The number of ether oxygens (including phenoxy) is 2. The van der Waals surface area contributed by atoms with E-state index in [1.54, 1.807) is 32.0 Å². The lowest BCUT2D eigenvalue weighted by Crippen LogP contribution is -2.39. The first-order valence-electron chi connectivity index (χ1n) is 9.12. The lowest BCUT2D eigenvalue weighted by atomic mass is 9.91. The number of phenols is 1. The fourth-order valence-electron chi connectivity index (χ4n) is 3.65. The second kappa shape index (κ2) is 6.36. The number of hydrogen-bond donors (Lipinski definition) is 3. The lowest BCUT2D eigenvalue weighted by Gasteiger charge is -2.25. The molecule has 0 aliphatic carbocycles. The van der Waals surface area contributed by atoms with Crippen molar-refractivity contribution >= 4 is 11.5 Å². The van der Waals surface area contributed by atoms with E-state index in [0.717, 1.165) is 11.1 Å². The number of phenolic OH excluding ortho intramolecular Hbond substituents is 1. The van der Waals surface area contributed by atoms with Crippen LogP contribution < -0.4 is 4.74 Å².